The lowest BCUT2D eigenvalue weighted by Crippen LogP contribution is -2.40. The molecule has 0 nitrogen and oxygen atoms in total. The predicted octanol–water partition coefficient (Wildman–Crippen LogP) is 7.08. The Labute approximate surface area is 139 Å². The van der Waals surface area contributed by atoms with E-state index in [1.165, 1.54) is 32.1 Å². The molecule has 0 radical (unpaired) electrons. The molecule has 0 amide bonds. The van der Waals surface area contributed by atoms with Crippen LogP contribution in [0.4, 0.5) is 0 Å². The van der Waals surface area contributed by atoms with Crippen LogP contribution in [-0.4, -0.2) is 0 Å². The summed E-state index contributed by atoms with van der Waals surface area (Å²) in [6.45, 7) is 7.31. The maximum atomic E-state index is 2.51. The molecule has 0 saturated heterocycles. The molecule has 0 heterocycles. The second kappa shape index (κ2) is 7.71. The number of rotatable bonds is 5. The van der Waals surface area contributed by atoms with Gasteiger partial charge in [0.2, 0.25) is 0 Å². The van der Waals surface area contributed by atoms with Crippen LogP contribution in [0, 0.1) is 41.4 Å². The van der Waals surface area contributed by atoms with E-state index in [4.69, 9.17) is 0 Å². The van der Waals surface area contributed by atoms with Crippen LogP contribution in [0.25, 0.3) is 0 Å². The minimum absolute atomic E-state index is 0.899. The molecule has 0 aromatic carbocycles. The quantitative estimate of drug-likeness (QED) is 0.509. The molecule has 0 heteroatoms. The molecule has 3 fully saturated rings. The van der Waals surface area contributed by atoms with Crippen LogP contribution in [0.2, 0.25) is 0 Å². The maximum Gasteiger partial charge on any atom is -0.0352 e. The molecule has 3 saturated carbocycles. The van der Waals surface area contributed by atoms with Gasteiger partial charge < -0.3 is 0 Å². The van der Waals surface area contributed by atoms with E-state index in [9.17, 15) is 0 Å². The van der Waals surface area contributed by atoms with Gasteiger partial charge in [0.15, 0.2) is 0 Å². The summed E-state index contributed by atoms with van der Waals surface area (Å²) in [7, 11) is 0. The molecule has 5 atom stereocenters. The summed E-state index contributed by atoms with van der Waals surface area (Å²) in [4.78, 5) is 0. The van der Waals surface area contributed by atoms with E-state index in [0.29, 0.717) is 0 Å². The Bertz CT molecular complexity index is 325. The summed E-state index contributed by atoms with van der Waals surface area (Å²) in [5.41, 5.74) is 0. The van der Waals surface area contributed by atoms with Crippen molar-refractivity contribution in [2.45, 2.75) is 97.8 Å². The first-order valence-corrected chi connectivity index (χ1v) is 10.6. The van der Waals surface area contributed by atoms with Crippen molar-refractivity contribution in [1.82, 2.24) is 0 Å². The van der Waals surface area contributed by atoms with Crippen molar-refractivity contribution in [1.29, 1.82) is 0 Å². The third-order valence-corrected chi connectivity index (χ3v) is 7.60. The van der Waals surface area contributed by atoms with E-state index >= 15 is 0 Å². The van der Waals surface area contributed by atoms with Crippen LogP contribution >= 0.6 is 0 Å². The normalized spacial score (nSPS) is 40.1. The molecule has 0 aromatic rings. The van der Waals surface area contributed by atoms with Crippen molar-refractivity contribution in [3.8, 4) is 0 Å². The van der Waals surface area contributed by atoms with E-state index in [-0.39, 0.29) is 0 Å². The lowest BCUT2D eigenvalue weighted by Gasteiger charge is -2.49. The largest absolute Gasteiger partial charge is 0.0628 e. The van der Waals surface area contributed by atoms with Gasteiger partial charge in [-0.15, -0.1) is 0 Å². The molecule has 0 aliphatic heterocycles. The molecule has 3 aliphatic rings. The fourth-order valence-electron chi connectivity index (χ4n) is 6.52. The summed E-state index contributed by atoms with van der Waals surface area (Å²) in [6, 6.07) is 0. The Hall–Kier alpha value is 0. The topological polar surface area (TPSA) is 0 Å². The van der Waals surface area contributed by atoms with Crippen molar-refractivity contribution in [2.75, 3.05) is 0 Å². The van der Waals surface area contributed by atoms with Gasteiger partial charge in [-0.05, 0) is 73.5 Å². The van der Waals surface area contributed by atoms with E-state index in [0.717, 1.165) is 41.4 Å². The lowest BCUT2D eigenvalue weighted by atomic mass is 9.56. The van der Waals surface area contributed by atoms with E-state index in [2.05, 4.69) is 20.8 Å². The minimum atomic E-state index is 0.899. The number of hydrogen-bond donors (Lipinski definition) is 0. The van der Waals surface area contributed by atoms with Crippen LogP contribution in [0.5, 0.6) is 0 Å². The summed E-state index contributed by atoms with van der Waals surface area (Å²) >= 11 is 0. The van der Waals surface area contributed by atoms with Gasteiger partial charge in [0.25, 0.3) is 0 Å². The standard InChI is InChI=1S/C22H40/c1-16(2)7-6-10-22-20(18-8-4-5-9-18)14-12-19-15-17(3)11-13-21(19)22/h16-22H,4-15H2,1-3H3. The second-order valence-corrected chi connectivity index (χ2v) is 9.62. The van der Waals surface area contributed by atoms with Crippen LogP contribution in [0.15, 0.2) is 0 Å². The summed E-state index contributed by atoms with van der Waals surface area (Å²) < 4.78 is 0. The third-order valence-electron chi connectivity index (χ3n) is 7.60. The highest BCUT2D eigenvalue weighted by molar-refractivity contribution is 4.93. The highest BCUT2D eigenvalue weighted by Crippen LogP contribution is 2.53. The summed E-state index contributed by atoms with van der Waals surface area (Å²) in [6.07, 6.45) is 18.6. The number of fused-ring (bicyclic) bond motifs is 1. The zero-order valence-corrected chi connectivity index (χ0v) is 15.5. The molecule has 3 rings (SSSR count). The van der Waals surface area contributed by atoms with Crippen LogP contribution < -0.4 is 0 Å². The Morgan fingerprint density at radius 2 is 1.50 bits per heavy atom. The zero-order valence-electron chi connectivity index (χ0n) is 15.5. The first kappa shape index (κ1) is 16.8. The Balaban J connectivity index is 1.66. The van der Waals surface area contributed by atoms with Gasteiger partial charge in [-0.2, -0.15) is 0 Å². The van der Waals surface area contributed by atoms with Crippen molar-refractivity contribution in [3.05, 3.63) is 0 Å². The van der Waals surface area contributed by atoms with Gasteiger partial charge in [0.05, 0.1) is 0 Å². The van der Waals surface area contributed by atoms with Crippen molar-refractivity contribution in [3.63, 3.8) is 0 Å². The van der Waals surface area contributed by atoms with Crippen molar-refractivity contribution >= 4 is 0 Å². The van der Waals surface area contributed by atoms with E-state index in [1.807, 2.05) is 0 Å². The van der Waals surface area contributed by atoms with Crippen LogP contribution in [0.3, 0.4) is 0 Å². The van der Waals surface area contributed by atoms with Gasteiger partial charge in [-0.1, -0.05) is 65.7 Å². The SMILES string of the molecule is CC(C)CCCC1C(C2CCCC2)CCC2CC(C)CCC21. The fourth-order valence-corrected chi connectivity index (χ4v) is 6.52. The Kier molecular flexibility index (Phi) is 5.91. The highest BCUT2D eigenvalue weighted by Gasteiger charge is 2.43. The van der Waals surface area contributed by atoms with Crippen molar-refractivity contribution in [2.24, 2.45) is 41.4 Å². The molecule has 3 aliphatic carbocycles. The van der Waals surface area contributed by atoms with Crippen molar-refractivity contribution < 1.29 is 0 Å². The monoisotopic (exact) mass is 304 g/mol. The van der Waals surface area contributed by atoms with Gasteiger partial charge >= 0.3 is 0 Å². The second-order valence-electron chi connectivity index (χ2n) is 9.62. The average molecular weight is 305 g/mol. The van der Waals surface area contributed by atoms with Gasteiger partial charge in [0.1, 0.15) is 0 Å². The molecule has 0 spiro atoms. The zero-order chi connectivity index (χ0) is 15.5. The lowest BCUT2D eigenvalue weighted by molar-refractivity contribution is 0.00771. The van der Waals surface area contributed by atoms with E-state index < -0.39 is 0 Å². The molecule has 0 bridgehead atoms. The summed E-state index contributed by atoms with van der Waals surface area (Å²) in [5, 5.41) is 0. The molecule has 22 heavy (non-hydrogen) atoms. The molecule has 5 unspecified atom stereocenters. The summed E-state index contributed by atoms with van der Waals surface area (Å²) in [5.74, 6) is 7.46. The molecular weight excluding hydrogens is 264 g/mol. The highest BCUT2D eigenvalue weighted by atomic mass is 14.5. The smallest absolute Gasteiger partial charge is 0.0352 e. The number of hydrogen-bond acceptors (Lipinski definition) is 0. The molecular formula is C22H40. The van der Waals surface area contributed by atoms with Crippen LogP contribution in [-0.2, 0) is 0 Å². The Morgan fingerprint density at radius 1 is 0.818 bits per heavy atom. The average Bonchev–Trinajstić information content (AvgIpc) is 3.00. The molecule has 0 aromatic heterocycles. The molecule has 128 valence electrons. The minimum Gasteiger partial charge on any atom is -0.0628 e. The van der Waals surface area contributed by atoms with Gasteiger partial charge in [-0.3, -0.25) is 0 Å². The Morgan fingerprint density at radius 3 is 2.23 bits per heavy atom. The van der Waals surface area contributed by atoms with Gasteiger partial charge in [0, 0.05) is 0 Å². The van der Waals surface area contributed by atoms with Gasteiger partial charge in [-0.25, -0.2) is 0 Å². The maximum absolute atomic E-state index is 2.51. The third kappa shape index (κ3) is 3.90. The first-order valence-electron chi connectivity index (χ1n) is 10.6. The predicted molar refractivity (Wildman–Crippen MR) is 96.9 cm³/mol. The molecule has 0 N–H and O–H groups in total. The van der Waals surface area contributed by atoms with Crippen LogP contribution in [0.1, 0.15) is 97.8 Å². The first-order chi connectivity index (χ1) is 10.6. The van der Waals surface area contributed by atoms with E-state index in [1.54, 1.807) is 44.9 Å². The fraction of sp³-hybridized carbons (Fsp3) is 1.00.